The number of benzene rings is 2. The second-order valence-corrected chi connectivity index (χ2v) is 7.47. The van der Waals surface area contributed by atoms with E-state index in [0.29, 0.717) is 5.02 Å². The number of carbonyl (C=O) groups is 1. The zero-order valence-corrected chi connectivity index (χ0v) is 14.8. The SMILES string of the molecule is CC1(C)C=C([C@@H](Br)c2cccc(Cl)c2)C(=O)c2ccccc21. The van der Waals surface area contributed by atoms with Crippen LogP contribution in [0.25, 0.3) is 0 Å². The predicted molar refractivity (Wildman–Crippen MR) is 95.0 cm³/mol. The first-order valence-electron chi connectivity index (χ1n) is 7.16. The average Bonchev–Trinajstić information content (AvgIpc) is 2.50. The fourth-order valence-electron chi connectivity index (χ4n) is 2.96. The summed E-state index contributed by atoms with van der Waals surface area (Å²) in [6, 6.07) is 15.4. The van der Waals surface area contributed by atoms with E-state index in [1.807, 2.05) is 48.5 Å². The van der Waals surface area contributed by atoms with Crippen LogP contribution in [0.1, 0.15) is 40.2 Å². The second kappa shape index (κ2) is 5.68. The van der Waals surface area contributed by atoms with Crippen LogP contribution < -0.4 is 0 Å². The number of alkyl halides is 1. The van der Waals surface area contributed by atoms with Crippen LogP contribution >= 0.6 is 27.5 Å². The molecule has 1 aliphatic carbocycles. The Morgan fingerprint density at radius 1 is 1.09 bits per heavy atom. The molecule has 1 aliphatic rings. The zero-order valence-electron chi connectivity index (χ0n) is 12.4. The van der Waals surface area contributed by atoms with Crippen molar-refractivity contribution in [2.75, 3.05) is 0 Å². The van der Waals surface area contributed by atoms with Gasteiger partial charge in [0, 0.05) is 21.6 Å². The van der Waals surface area contributed by atoms with E-state index in [-0.39, 0.29) is 16.0 Å². The van der Waals surface area contributed by atoms with Gasteiger partial charge < -0.3 is 0 Å². The van der Waals surface area contributed by atoms with Crippen LogP contribution in [0.4, 0.5) is 0 Å². The monoisotopic (exact) mass is 374 g/mol. The number of ketones is 1. The number of Topliss-reactive ketones (excluding diaryl/α,β-unsaturated/α-hetero) is 1. The molecule has 2 aromatic rings. The molecule has 0 heterocycles. The van der Waals surface area contributed by atoms with Gasteiger partial charge in [-0.3, -0.25) is 4.79 Å². The van der Waals surface area contributed by atoms with Crippen LogP contribution in [0.2, 0.25) is 5.02 Å². The summed E-state index contributed by atoms with van der Waals surface area (Å²) >= 11 is 9.75. The molecule has 0 N–H and O–H groups in total. The lowest BCUT2D eigenvalue weighted by molar-refractivity contribution is 0.102. The van der Waals surface area contributed by atoms with Gasteiger partial charge in [-0.25, -0.2) is 0 Å². The van der Waals surface area contributed by atoms with E-state index in [1.165, 1.54) is 0 Å². The van der Waals surface area contributed by atoms with Gasteiger partial charge in [0.2, 0.25) is 0 Å². The quantitative estimate of drug-likeness (QED) is 0.599. The summed E-state index contributed by atoms with van der Waals surface area (Å²) in [6.07, 6.45) is 2.07. The highest BCUT2D eigenvalue weighted by molar-refractivity contribution is 9.09. The Hall–Kier alpha value is -1.38. The molecule has 0 aliphatic heterocycles. The zero-order chi connectivity index (χ0) is 15.9. The van der Waals surface area contributed by atoms with Gasteiger partial charge in [-0.2, -0.15) is 0 Å². The first-order chi connectivity index (χ1) is 10.4. The van der Waals surface area contributed by atoms with E-state index in [1.54, 1.807) is 0 Å². The molecule has 0 spiro atoms. The lowest BCUT2D eigenvalue weighted by Gasteiger charge is -2.31. The fourth-order valence-corrected chi connectivity index (χ4v) is 3.79. The van der Waals surface area contributed by atoms with E-state index < -0.39 is 0 Å². The Balaban J connectivity index is 2.09. The predicted octanol–water partition coefficient (Wildman–Crippen LogP) is 5.88. The molecule has 0 fully saturated rings. The minimum absolute atomic E-state index is 0.0803. The van der Waals surface area contributed by atoms with Gasteiger partial charge in [0.15, 0.2) is 5.78 Å². The van der Waals surface area contributed by atoms with Crippen LogP contribution in [-0.2, 0) is 5.41 Å². The number of carbonyl (C=O) groups excluding carboxylic acids is 1. The van der Waals surface area contributed by atoms with Gasteiger partial charge >= 0.3 is 0 Å². The molecule has 0 saturated heterocycles. The van der Waals surface area contributed by atoms with Crippen molar-refractivity contribution in [3.8, 4) is 0 Å². The van der Waals surface area contributed by atoms with E-state index in [2.05, 4.69) is 35.9 Å². The smallest absolute Gasteiger partial charge is 0.190 e. The minimum atomic E-state index is -0.176. The number of hydrogen-bond donors (Lipinski definition) is 0. The van der Waals surface area contributed by atoms with Gasteiger partial charge in [0.1, 0.15) is 0 Å². The normalized spacial score (nSPS) is 17.6. The molecule has 0 radical (unpaired) electrons. The lowest BCUT2D eigenvalue weighted by atomic mass is 9.73. The largest absolute Gasteiger partial charge is 0.289 e. The molecular formula is C19H16BrClO. The number of rotatable bonds is 2. The van der Waals surface area contributed by atoms with Crippen molar-refractivity contribution in [2.24, 2.45) is 0 Å². The molecule has 2 aromatic carbocycles. The number of halogens is 2. The van der Waals surface area contributed by atoms with E-state index in [9.17, 15) is 4.79 Å². The molecule has 1 nitrogen and oxygen atoms in total. The summed E-state index contributed by atoms with van der Waals surface area (Å²) in [6.45, 7) is 4.27. The molecule has 0 saturated carbocycles. The maximum Gasteiger partial charge on any atom is 0.190 e. The molecule has 0 amide bonds. The molecular weight excluding hydrogens is 360 g/mol. The molecule has 0 unspecified atom stereocenters. The Kier molecular flexibility index (Phi) is 4.00. The maximum atomic E-state index is 12.9. The van der Waals surface area contributed by atoms with Crippen LogP contribution in [0.15, 0.2) is 60.2 Å². The number of hydrogen-bond acceptors (Lipinski definition) is 1. The molecule has 1 atom stereocenters. The summed E-state index contributed by atoms with van der Waals surface area (Å²) < 4.78 is 0. The van der Waals surface area contributed by atoms with E-state index >= 15 is 0 Å². The van der Waals surface area contributed by atoms with Crippen LogP contribution in [-0.4, -0.2) is 5.78 Å². The first-order valence-corrected chi connectivity index (χ1v) is 8.46. The maximum absolute atomic E-state index is 12.9. The third kappa shape index (κ3) is 2.66. The van der Waals surface area contributed by atoms with Crippen molar-refractivity contribution in [1.29, 1.82) is 0 Å². The van der Waals surface area contributed by atoms with Gasteiger partial charge in [0.05, 0.1) is 4.83 Å². The summed E-state index contributed by atoms with van der Waals surface area (Å²) in [5.74, 6) is 0.0803. The van der Waals surface area contributed by atoms with Gasteiger partial charge in [-0.1, -0.05) is 83.9 Å². The highest BCUT2D eigenvalue weighted by Crippen LogP contribution is 2.42. The van der Waals surface area contributed by atoms with Crippen molar-refractivity contribution < 1.29 is 4.79 Å². The second-order valence-electron chi connectivity index (χ2n) is 6.11. The molecule has 0 bridgehead atoms. The first kappa shape index (κ1) is 15.5. The highest BCUT2D eigenvalue weighted by atomic mass is 79.9. The fraction of sp³-hybridized carbons (Fsp3) is 0.211. The Morgan fingerprint density at radius 2 is 1.82 bits per heavy atom. The molecule has 3 heteroatoms. The van der Waals surface area contributed by atoms with Crippen molar-refractivity contribution in [3.63, 3.8) is 0 Å². The number of fused-ring (bicyclic) bond motifs is 1. The average molecular weight is 376 g/mol. The topological polar surface area (TPSA) is 17.1 Å². The van der Waals surface area contributed by atoms with Crippen molar-refractivity contribution in [3.05, 3.63) is 81.9 Å². The summed E-state index contributed by atoms with van der Waals surface area (Å²) in [5.41, 5.74) is 3.45. The Bertz CT molecular complexity index is 777. The highest BCUT2D eigenvalue weighted by Gasteiger charge is 2.34. The summed E-state index contributed by atoms with van der Waals surface area (Å²) in [5, 5.41) is 0.672. The number of allylic oxidation sites excluding steroid dienone is 2. The van der Waals surface area contributed by atoms with Crippen molar-refractivity contribution >= 4 is 33.3 Å². The molecule has 3 rings (SSSR count). The third-order valence-electron chi connectivity index (χ3n) is 4.06. The van der Waals surface area contributed by atoms with Crippen LogP contribution in [0, 0.1) is 0 Å². The minimum Gasteiger partial charge on any atom is -0.289 e. The molecule has 0 aromatic heterocycles. The van der Waals surface area contributed by atoms with Gasteiger partial charge in [-0.15, -0.1) is 0 Å². The third-order valence-corrected chi connectivity index (χ3v) is 5.32. The van der Waals surface area contributed by atoms with E-state index in [4.69, 9.17) is 11.6 Å². The standard InChI is InChI=1S/C19H16BrClO/c1-19(2)11-15(17(20)12-6-5-7-13(21)10-12)18(22)14-8-3-4-9-16(14)19/h3-11,17H,1-2H3/t17-/m0/s1. The lowest BCUT2D eigenvalue weighted by Crippen LogP contribution is -2.27. The Labute approximate surface area is 144 Å². The van der Waals surface area contributed by atoms with Crippen molar-refractivity contribution in [2.45, 2.75) is 24.1 Å². The summed E-state index contributed by atoms with van der Waals surface area (Å²) in [7, 11) is 0. The molecule has 22 heavy (non-hydrogen) atoms. The summed E-state index contributed by atoms with van der Waals surface area (Å²) in [4.78, 5) is 12.7. The molecule has 112 valence electrons. The Morgan fingerprint density at radius 3 is 2.55 bits per heavy atom. The van der Waals surface area contributed by atoms with Crippen molar-refractivity contribution in [1.82, 2.24) is 0 Å². The van der Waals surface area contributed by atoms with Gasteiger partial charge in [0.25, 0.3) is 0 Å². The van der Waals surface area contributed by atoms with Crippen LogP contribution in [0.3, 0.4) is 0 Å². The van der Waals surface area contributed by atoms with Gasteiger partial charge in [-0.05, 0) is 23.3 Å². The van der Waals surface area contributed by atoms with E-state index in [0.717, 1.165) is 22.3 Å². The van der Waals surface area contributed by atoms with Crippen LogP contribution in [0.5, 0.6) is 0 Å².